The predicted octanol–water partition coefficient (Wildman–Crippen LogP) is 2.33. The average molecular weight is 370 g/mol. The molecule has 0 spiro atoms. The van der Waals surface area contributed by atoms with Crippen molar-refractivity contribution in [3.63, 3.8) is 0 Å². The van der Waals surface area contributed by atoms with Crippen molar-refractivity contribution in [3.05, 3.63) is 69.8 Å². The average Bonchev–Trinajstić information content (AvgIpc) is 2.65. The number of fused-ring (bicyclic) bond motifs is 1. The van der Waals surface area contributed by atoms with Crippen molar-refractivity contribution in [1.82, 2.24) is 15.3 Å². The lowest BCUT2D eigenvalue weighted by atomic mass is 10.1. The summed E-state index contributed by atoms with van der Waals surface area (Å²) in [6, 6.07) is 12.2. The maximum atomic E-state index is 12.3. The van der Waals surface area contributed by atoms with Gasteiger partial charge in [-0.2, -0.15) is 14.0 Å². The number of benzene rings is 2. The summed E-state index contributed by atoms with van der Waals surface area (Å²) in [6.45, 7) is -2.92. The molecule has 0 bridgehead atoms. The number of carbonyl (C=O) groups is 1. The van der Waals surface area contributed by atoms with Crippen LogP contribution in [0.5, 0.6) is 5.75 Å². The Hall–Kier alpha value is -3.80. The van der Waals surface area contributed by atoms with E-state index in [1.54, 1.807) is 6.07 Å². The van der Waals surface area contributed by atoms with Crippen molar-refractivity contribution in [1.29, 1.82) is 5.26 Å². The fourth-order valence-electron chi connectivity index (χ4n) is 2.41. The number of halogens is 2. The predicted molar refractivity (Wildman–Crippen MR) is 91.3 cm³/mol. The summed E-state index contributed by atoms with van der Waals surface area (Å²) < 4.78 is 28.8. The smallest absolute Gasteiger partial charge is 0.387 e. The number of ether oxygens (including phenoxy) is 1. The van der Waals surface area contributed by atoms with Crippen LogP contribution in [0.4, 0.5) is 8.78 Å². The molecule has 2 N–H and O–H groups in total. The summed E-state index contributed by atoms with van der Waals surface area (Å²) >= 11 is 0. The number of amides is 1. The molecule has 7 nitrogen and oxygen atoms in total. The number of H-pyrrole nitrogens is 1. The summed E-state index contributed by atoms with van der Waals surface area (Å²) in [6.07, 6.45) is 0. The minimum atomic E-state index is -2.94. The molecule has 3 aromatic rings. The SMILES string of the molecule is N#Cc1ccc2nc(C(=O)NCc3cccc(OC(F)F)c3)[nH]c(=O)c2c1. The van der Waals surface area contributed by atoms with Crippen LogP contribution in [0.15, 0.2) is 47.3 Å². The van der Waals surface area contributed by atoms with E-state index >= 15 is 0 Å². The van der Waals surface area contributed by atoms with Crippen LogP contribution in [0.25, 0.3) is 10.9 Å². The third-order valence-corrected chi connectivity index (χ3v) is 3.63. The standard InChI is InChI=1S/C18H12F2N4O3/c19-18(20)27-12-3-1-2-11(6-12)9-22-17(26)15-23-14-5-4-10(8-21)7-13(14)16(25)24-15/h1-7,18H,9H2,(H,22,26)(H,23,24,25). The van der Waals surface area contributed by atoms with Gasteiger partial charge >= 0.3 is 6.61 Å². The number of aromatic nitrogens is 2. The molecule has 0 aliphatic rings. The van der Waals surface area contributed by atoms with Crippen LogP contribution in [0.1, 0.15) is 21.7 Å². The lowest BCUT2D eigenvalue weighted by Gasteiger charge is -2.08. The van der Waals surface area contributed by atoms with Crippen molar-refractivity contribution in [3.8, 4) is 11.8 Å². The number of hydrogen-bond acceptors (Lipinski definition) is 5. The van der Waals surface area contributed by atoms with Crippen LogP contribution < -0.4 is 15.6 Å². The number of nitrogens with zero attached hydrogens (tertiary/aromatic N) is 2. The molecule has 3 rings (SSSR count). The van der Waals surface area contributed by atoms with Crippen molar-refractivity contribution in [2.75, 3.05) is 0 Å². The van der Waals surface area contributed by atoms with Crippen LogP contribution in [-0.2, 0) is 6.54 Å². The van der Waals surface area contributed by atoms with Crippen molar-refractivity contribution in [2.24, 2.45) is 0 Å². The highest BCUT2D eigenvalue weighted by atomic mass is 19.3. The van der Waals surface area contributed by atoms with Gasteiger partial charge in [-0.3, -0.25) is 9.59 Å². The molecule has 0 saturated heterocycles. The third kappa shape index (κ3) is 4.24. The fraction of sp³-hybridized carbons (Fsp3) is 0.111. The molecule has 0 atom stereocenters. The highest BCUT2D eigenvalue weighted by Crippen LogP contribution is 2.16. The van der Waals surface area contributed by atoms with Gasteiger partial charge < -0.3 is 15.0 Å². The molecule has 27 heavy (non-hydrogen) atoms. The van der Waals surface area contributed by atoms with Gasteiger partial charge in [-0.1, -0.05) is 12.1 Å². The van der Waals surface area contributed by atoms with Crippen LogP contribution in [0, 0.1) is 11.3 Å². The quantitative estimate of drug-likeness (QED) is 0.717. The van der Waals surface area contributed by atoms with Gasteiger partial charge in [-0.25, -0.2) is 4.98 Å². The van der Waals surface area contributed by atoms with E-state index in [2.05, 4.69) is 20.0 Å². The molecule has 1 amide bonds. The van der Waals surface area contributed by atoms with Crippen LogP contribution in [0.3, 0.4) is 0 Å². The number of alkyl halides is 2. The van der Waals surface area contributed by atoms with E-state index in [1.165, 1.54) is 36.4 Å². The Balaban J connectivity index is 1.77. The molecule has 0 aliphatic carbocycles. The van der Waals surface area contributed by atoms with Crippen molar-refractivity contribution < 1.29 is 18.3 Å². The second-order valence-corrected chi connectivity index (χ2v) is 5.47. The van der Waals surface area contributed by atoms with E-state index in [1.807, 2.05) is 6.07 Å². The first kappa shape index (κ1) is 18.0. The Morgan fingerprint density at radius 2 is 2.11 bits per heavy atom. The molecule has 2 aromatic carbocycles. The van der Waals surface area contributed by atoms with E-state index in [0.717, 1.165) is 0 Å². The van der Waals surface area contributed by atoms with Crippen molar-refractivity contribution in [2.45, 2.75) is 13.2 Å². The first-order chi connectivity index (χ1) is 13.0. The molecule has 136 valence electrons. The molecule has 0 fully saturated rings. The second kappa shape index (κ2) is 7.61. The number of carbonyl (C=O) groups excluding carboxylic acids is 1. The topological polar surface area (TPSA) is 108 Å². The van der Waals surface area contributed by atoms with Crippen molar-refractivity contribution >= 4 is 16.8 Å². The number of aromatic amines is 1. The minimum absolute atomic E-state index is 0.0222. The Labute approximate surface area is 151 Å². The van der Waals surface area contributed by atoms with E-state index < -0.39 is 18.1 Å². The van der Waals surface area contributed by atoms with Crippen LogP contribution in [0.2, 0.25) is 0 Å². The number of nitriles is 1. The highest BCUT2D eigenvalue weighted by Gasteiger charge is 2.12. The van der Waals surface area contributed by atoms with E-state index in [0.29, 0.717) is 11.1 Å². The highest BCUT2D eigenvalue weighted by molar-refractivity contribution is 5.92. The molecule has 1 aromatic heterocycles. The zero-order chi connectivity index (χ0) is 19.4. The Kier molecular flexibility index (Phi) is 5.08. The molecule has 9 heteroatoms. The zero-order valence-corrected chi connectivity index (χ0v) is 13.7. The maximum absolute atomic E-state index is 12.3. The Bertz CT molecular complexity index is 1110. The van der Waals surface area contributed by atoms with Crippen LogP contribution >= 0.6 is 0 Å². The molecular formula is C18H12F2N4O3. The van der Waals surface area contributed by atoms with Gasteiger partial charge in [-0.05, 0) is 35.9 Å². The maximum Gasteiger partial charge on any atom is 0.387 e. The summed E-state index contributed by atoms with van der Waals surface area (Å²) in [7, 11) is 0. The second-order valence-electron chi connectivity index (χ2n) is 5.47. The molecule has 0 radical (unpaired) electrons. The number of nitrogens with one attached hydrogen (secondary N) is 2. The number of hydrogen-bond donors (Lipinski definition) is 2. The Morgan fingerprint density at radius 1 is 1.30 bits per heavy atom. The van der Waals surface area contributed by atoms with E-state index in [9.17, 15) is 18.4 Å². The molecule has 0 aliphatic heterocycles. The largest absolute Gasteiger partial charge is 0.435 e. The first-order valence-corrected chi connectivity index (χ1v) is 7.72. The summed E-state index contributed by atoms with van der Waals surface area (Å²) in [5, 5.41) is 11.6. The van der Waals surface area contributed by atoms with E-state index in [4.69, 9.17) is 5.26 Å². The minimum Gasteiger partial charge on any atom is -0.435 e. The first-order valence-electron chi connectivity index (χ1n) is 7.72. The monoisotopic (exact) mass is 370 g/mol. The lowest BCUT2D eigenvalue weighted by molar-refractivity contribution is -0.0498. The molecular weight excluding hydrogens is 358 g/mol. The summed E-state index contributed by atoms with van der Waals surface area (Å²) in [5.41, 5.74) is 0.561. The van der Waals surface area contributed by atoms with E-state index in [-0.39, 0.29) is 29.0 Å². The van der Waals surface area contributed by atoms with Gasteiger partial charge in [0, 0.05) is 6.54 Å². The van der Waals surface area contributed by atoms with Gasteiger partial charge in [0.25, 0.3) is 11.5 Å². The number of rotatable bonds is 5. The summed E-state index contributed by atoms with van der Waals surface area (Å²) in [4.78, 5) is 30.8. The van der Waals surface area contributed by atoms with Gasteiger partial charge in [0.2, 0.25) is 0 Å². The normalized spacial score (nSPS) is 10.6. The van der Waals surface area contributed by atoms with Gasteiger partial charge in [0.05, 0.1) is 22.5 Å². The molecule has 1 heterocycles. The van der Waals surface area contributed by atoms with Crippen LogP contribution in [-0.4, -0.2) is 22.5 Å². The van der Waals surface area contributed by atoms with Gasteiger partial charge in [-0.15, -0.1) is 0 Å². The molecule has 0 unspecified atom stereocenters. The van der Waals surface area contributed by atoms with Gasteiger partial charge in [0.15, 0.2) is 5.82 Å². The lowest BCUT2D eigenvalue weighted by Crippen LogP contribution is -2.27. The zero-order valence-electron chi connectivity index (χ0n) is 13.7. The Morgan fingerprint density at radius 3 is 2.85 bits per heavy atom. The third-order valence-electron chi connectivity index (χ3n) is 3.63. The molecule has 0 saturated carbocycles. The summed E-state index contributed by atoms with van der Waals surface area (Å²) in [5.74, 6) is -0.863. The van der Waals surface area contributed by atoms with Gasteiger partial charge in [0.1, 0.15) is 5.75 Å². The fourth-order valence-corrected chi connectivity index (χ4v) is 2.41.